The van der Waals surface area contributed by atoms with Crippen LogP contribution in [0.3, 0.4) is 0 Å². The van der Waals surface area contributed by atoms with E-state index in [1.807, 2.05) is 18.2 Å². The molecule has 3 aromatic rings. The number of nitrogens with one attached hydrogen (secondary N) is 1. The van der Waals surface area contributed by atoms with Crippen LogP contribution >= 0.6 is 0 Å². The molecule has 0 saturated heterocycles. The van der Waals surface area contributed by atoms with Gasteiger partial charge in [0.1, 0.15) is 11.5 Å². The van der Waals surface area contributed by atoms with E-state index in [1.54, 1.807) is 6.07 Å². The van der Waals surface area contributed by atoms with Gasteiger partial charge in [-0.05, 0) is 61.1 Å². The molecule has 0 atom stereocenters. The minimum Gasteiger partial charge on any atom is -0.321 e. The van der Waals surface area contributed by atoms with Gasteiger partial charge in [0.05, 0.1) is 5.69 Å². The molecule has 0 unspecified atom stereocenters. The van der Waals surface area contributed by atoms with Gasteiger partial charge in [-0.25, -0.2) is 4.39 Å². The summed E-state index contributed by atoms with van der Waals surface area (Å²) in [6.07, 6.45) is 0. The van der Waals surface area contributed by atoms with Crippen molar-refractivity contribution in [3.05, 3.63) is 88.1 Å². The molecule has 29 heavy (non-hydrogen) atoms. The quantitative estimate of drug-likeness (QED) is 0.666. The fourth-order valence-electron chi connectivity index (χ4n) is 2.95. The second kappa shape index (κ2) is 9.25. The minimum atomic E-state index is -0.430. The Morgan fingerprint density at radius 1 is 1.07 bits per heavy atom. The Morgan fingerprint density at radius 2 is 1.79 bits per heavy atom. The zero-order valence-corrected chi connectivity index (χ0v) is 16.4. The summed E-state index contributed by atoms with van der Waals surface area (Å²) in [5, 5.41) is 6.95. The third kappa shape index (κ3) is 5.14. The molecule has 0 aliphatic rings. The molecule has 1 aromatic heterocycles. The van der Waals surface area contributed by atoms with Crippen LogP contribution in [0.4, 0.5) is 10.1 Å². The smallest absolute Gasteiger partial charge is 0.276 e. The summed E-state index contributed by atoms with van der Waals surface area (Å²) >= 11 is 0. The van der Waals surface area contributed by atoms with Gasteiger partial charge >= 0.3 is 0 Å². The molecule has 150 valence electrons. The van der Waals surface area contributed by atoms with Gasteiger partial charge in [0.25, 0.3) is 11.5 Å². The fraction of sp³-hybridized carbons (Fsp3) is 0.227. The van der Waals surface area contributed by atoms with Crippen molar-refractivity contribution < 1.29 is 9.18 Å². The first kappa shape index (κ1) is 20.4. The third-order valence-electron chi connectivity index (χ3n) is 4.59. The zero-order chi connectivity index (χ0) is 20.8. The number of benzene rings is 2. The maximum absolute atomic E-state index is 13.1. The van der Waals surface area contributed by atoms with E-state index in [-0.39, 0.29) is 5.69 Å². The fourth-order valence-corrected chi connectivity index (χ4v) is 2.95. The van der Waals surface area contributed by atoms with Gasteiger partial charge in [-0.3, -0.25) is 14.5 Å². The molecule has 0 saturated carbocycles. The summed E-state index contributed by atoms with van der Waals surface area (Å²) in [5.74, 6) is -0.846. The lowest BCUT2D eigenvalue weighted by atomic mass is 10.2. The number of hydrogen-bond acceptors (Lipinski definition) is 4. The van der Waals surface area contributed by atoms with E-state index < -0.39 is 17.3 Å². The highest BCUT2D eigenvalue weighted by Gasteiger charge is 2.12. The Morgan fingerprint density at radius 3 is 2.48 bits per heavy atom. The highest BCUT2D eigenvalue weighted by atomic mass is 19.1. The second-order valence-corrected chi connectivity index (χ2v) is 6.56. The van der Waals surface area contributed by atoms with Crippen molar-refractivity contribution in [2.75, 3.05) is 18.4 Å². The SMILES string of the molecule is CCN(CC)Cc1cccc(NC(=O)c2ccc(=O)n(-c3ccc(F)cc3)n2)c1. The molecule has 2 aromatic carbocycles. The zero-order valence-electron chi connectivity index (χ0n) is 16.4. The van der Waals surface area contributed by atoms with Crippen molar-refractivity contribution in [2.45, 2.75) is 20.4 Å². The van der Waals surface area contributed by atoms with Crippen molar-refractivity contribution in [3.8, 4) is 5.69 Å². The summed E-state index contributed by atoms with van der Waals surface area (Å²) in [6.45, 7) is 6.90. The maximum Gasteiger partial charge on any atom is 0.276 e. The molecule has 0 bridgehead atoms. The van der Waals surface area contributed by atoms with E-state index in [0.29, 0.717) is 11.4 Å². The number of rotatable bonds is 7. The van der Waals surface area contributed by atoms with E-state index in [2.05, 4.69) is 29.2 Å². The standard InChI is InChI=1S/C22H23FN4O2/c1-3-26(4-2)15-16-6-5-7-18(14-16)24-22(29)20-12-13-21(28)27(25-20)19-10-8-17(23)9-11-19/h5-14H,3-4,15H2,1-2H3,(H,24,29). The van der Waals surface area contributed by atoms with E-state index >= 15 is 0 Å². The van der Waals surface area contributed by atoms with Crippen LogP contribution in [0.25, 0.3) is 5.69 Å². The van der Waals surface area contributed by atoms with Crippen LogP contribution in [0.1, 0.15) is 29.9 Å². The monoisotopic (exact) mass is 394 g/mol. The van der Waals surface area contributed by atoms with Crippen molar-refractivity contribution in [1.82, 2.24) is 14.7 Å². The van der Waals surface area contributed by atoms with Gasteiger partial charge < -0.3 is 5.32 Å². The van der Waals surface area contributed by atoms with Gasteiger partial charge in [0.15, 0.2) is 0 Å². The van der Waals surface area contributed by atoms with Crippen molar-refractivity contribution >= 4 is 11.6 Å². The molecule has 0 spiro atoms. The molecule has 0 aliphatic heterocycles. The van der Waals surface area contributed by atoms with Gasteiger partial charge in [-0.1, -0.05) is 26.0 Å². The van der Waals surface area contributed by atoms with Crippen LogP contribution in [-0.4, -0.2) is 33.7 Å². The van der Waals surface area contributed by atoms with E-state index in [9.17, 15) is 14.0 Å². The van der Waals surface area contributed by atoms with Crippen LogP contribution in [0.15, 0.2) is 65.5 Å². The molecule has 1 heterocycles. The number of aromatic nitrogens is 2. The lowest BCUT2D eigenvalue weighted by Crippen LogP contribution is -2.25. The Balaban J connectivity index is 1.80. The van der Waals surface area contributed by atoms with Gasteiger partial charge in [-0.2, -0.15) is 9.78 Å². The average Bonchev–Trinajstić information content (AvgIpc) is 2.73. The molecular weight excluding hydrogens is 371 g/mol. The highest BCUT2D eigenvalue weighted by molar-refractivity contribution is 6.02. The number of halogens is 1. The molecule has 0 aliphatic carbocycles. The molecule has 0 fully saturated rings. The van der Waals surface area contributed by atoms with Crippen LogP contribution in [-0.2, 0) is 6.54 Å². The first-order valence-corrected chi connectivity index (χ1v) is 9.49. The van der Waals surface area contributed by atoms with Crippen molar-refractivity contribution in [1.29, 1.82) is 0 Å². The first-order chi connectivity index (χ1) is 14.0. The largest absolute Gasteiger partial charge is 0.321 e. The Kier molecular flexibility index (Phi) is 6.51. The minimum absolute atomic E-state index is 0.0862. The Hall–Kier alpha value is -3.32. The summed E-state index contributed by atoms with van der Waals surface area (Å²) in [6, 6.07) is 15.6. The van der Waals surface area contributed by atoms with Crippen LogP contribution < -0.4 is 10.9 Å². The first-order valence-electron chi connectivity index (χ1n) is 9.49. The number of nitrogens with zero attached hydrogens (tertiary/aromatic N) is 3. The lowest BCUT2D eigenvalue weighted by Gasteiger charge is -2.18. The predicted octanol–water partition coefficient (Wildman–Crippen LogP) is 3.47. The third-order valence-corrected chi connectivity index (χ3v) is 4.59. The number of carbonyl (C=O) groups is 1. The van der Waals surface area contributed by atoms with E-state index in [1.165, 1.54) is 36.4 Å². The summed E-state index contributed by atoms with van der Waals surface area (Å²) in [5.41, 5.74) is 1.81. The molecule has 1 N–H and O–H groups in total. The number of carbonyl (C=O) groups excluding carboxylic acids is 1. The second-order valence-electron chi connectivity index (χ2n) is 6.56. The molecular formula is C22H23FN4O2. The van der Waals surface area contributed by atoms with Crippen LogP contribution in [0.5, 0.6) is 0 Å². The Labute approximate surface area is 168 Å². The highest BCUT2D eigenvalue weighted by Crippen LogP contribution is 2.14. The van der Waals surface area contributed by atoms with Gasteiger partial charge in [0.2, 0.25) is 0 Å². The summed E-state index contributed by atoms with van der Waals surface area (Å²) in [7, 11) is 0. The molecule has 1 amide bonds. The number of hydrogen-bond donors (Lipinski definition) is 1. The molecule has 3 rings (SSSR count). The average molecular weight is 394 g/mol. The Bertz CT molecular complexity index is 1040. The molecule has 6 nitrogen and oxygen atoms in total. The molecule has 0 radical (unpaired) electrons. The summed E-state index contributed by atoms with van der Waals surface area (Å²) in [4.78, 5) is 27.0. The molecule has 7 heteroatoms. The van der Waals surface area contributed by atoms with E-state index in [0.717, 1.165) is 29.9 Å². The maximum atomic E-state index is 13.1. The summed E-state index contributed by atoms with van der Waals surface area (Å²) < 4.78 is 14.2. The normalized spacial score (nSPS) is 10.9. The van der Waals surface area contributed by atoms with Crippen LogP contribution in [0, 0.1) is 5.82 Å². The number of amides is 1. The van der Waals surface area contributed by atoms with Gasteiger partial charge in [0, 0.05) is 18.3 Å². The van der Waals surface area contributed by atoms with Crippen molar-refractivity contribution in [3.63, 3.8) is 0 Å². The van der Waals surface area contributed by atoms with Crippen LogP contribution in [0.2, 0.25) is 0 Å². The predicted molar refractivity (Wildman–Crippen MR) is 111 cm³/mol. The van der Waals surface area contributed by atoms with Crippen molar-refractivity contribution in [2.24, 2.45) is 0 Å². The topological polar surface area (TPSA) is 67.2 Å². The lowest BCUT2D eigenvalue weighted by molar-refractivity contribution is 0.102. The van der Waals surface area contributed by atoms with Gasteiger partial charge in [-0.15, -0.1) is 0 Å². The number of anilines is 1. The van der Waals surface area contributed by atoms with E-state index in [4.69, 9.17) is 0 Å².